The molecule has 6 nitrogen and oxygen atoms in total. The number of halogens is 3. The molecular formula is C22H33F3N4O2. The lowest BCUT2D eigenvalue weighted by Gasteiger charge is -2.34. The molecular weight excluding hydrogens is 409 g/mol. The summed E-state index contributed by atoms with van der Waals surface area (Å²) in [5.74, 6) is -0.101. The van der Waals surface area contributed by atoms with Crippen molar-refractivity contribution in [2.24, 2.45) is 10.9 Å². The van der Waals surface area contributed by atoms with Crippen molar-refractivity contribution in [1.29, 1.82) is 0 Å². The number of carbonyl (C=O) groups is 1. The van der Waals surface area contributed by atoms with Crippen molar-refractivity contribution in [3.05, 3.63) is 29.6 Å². The molecule has 0 aliphatic carbocycles. The number of hydrogen-bond acceptors (Lipinski definition) is 3. The highest BCUT2D eigenvalue weighted by molar-refractivity contribution is 5.80. The monoisotopic (exact) mass is 442 g/mol. The zero-order valence-electron chi connectivity index (χ0n) is 18.5. The van der Waals surface area contributed by atoms with Gasteiger partial charge in [-0.05, 0) is 44.7 Å². The van der Waals surface area contributed by atoms with E-state index in [4.69, 9.17) is 0 Å². The first kappa shape index (κ1) is 24.8. The number of likely N-dealkylation sites (tertiary alicyclic amines) is 1. The number of nitrogens with one attached hydrogen (secondary N) is 2. The zero-order chi connectivity index (χ0) is 22.8. The lowest BCUT2D eigenvalue weighted by atomic mass is 9.98. The number of ether oxygens (including phenoxy) is 1. The molecule has 1 heterocycles. The van der Waals surface area contributed by atoms with Crippen LogP contribution in [0.1, 0.15) is 52.0 Å². The highest BCUT2D eigenvalue weighted by Crippen LogP contribution is 2.24. The van der Waals surface area contributed by atoms with E-state index >= 15 is 0 Å². The molecule has 0 atom stereocenters. The van der Waals surface area contributed by atoms with E-state index in [9.17, 15) is 18.0 Å². The second-order valence-electron chi connectivity index (χ2n) is 7.55. The molecule has 0 spiro atoms. The molecule has 1 aromatic rings. The first-order valence-corrected chi connectivity index (χ1v) is 10.9. The minimum Gasteiger partial charge on any atom is -0.434 e. The number of nitrogens with zero attached hydrogens (tertiary/aromatic N) is 2. The lowest BCUT2D eigenvalue weighted by Crippen LogP contribution is -2.50. The number of amides is 1. The van der Waals surface area contributed by atoms with Crippen LogP contribution in [-0.4, -0.2) is 49.1 Å². The molecule has 1 saturated heterocycles. The number of aliphatic imine (C=N–C) groups is 1. The molecule has 1 aromatic carbocycles. The van der Waals surface area contributed by atoms with Crippen molar-refractivity contribution in [3.63, 3.8) is 0 Å². The quantitative estimate of drug-likeness (QED) is 0.450. The minimum atomic E-state index is -3.04. The van der Waals surface area contributed by atoms with Gasteiger partial charge in [0, 0.05) is 31.6 Å². The largest absolute Gasteiger partial charge is 0.434 e. The van der Waals surface area contributed by atoms with E-state index in [1.165, 1.54) is 18.2 Å². The Morgan fingerprint density at radius 1 is 1.23 bits per heavy atom. The van der Waals surface area contributed by atoms with E-state index in [1.54, 1.807) is 0 Å². The van der Waals surface area contributed by atoms with Crippen LogP contribution in [0.3, 0.4) is 0 Å². The van der Waals surface area contributed by atoms with Crippen molar-refractivity contribution < 1.29 is 22.7 Å². The molecule has 9 heteroatoms. The van der Waals surface area contributed by atoms with Crippen LogP contribution in [0.2, 0.25) is 0 Å². The van der Waals surface area contributed by atoms with Gasteiger partial charge in [-0.1, -0.05) is 19.9 Å². The molecule has 1 aliphatic heterocycles. The fourth-order valence-electron chi connectivity index (χ4n) is 3.71. The van der Waals surface area contributed by atoms with Crippen molar-refractivity contribution in [3.8, 4) is 5.75 Å². The standard InChI is InChI=1S/C22H33F3N4O2/c1-4-15(5-2)20(30)29-12-10-16(11-13-29)28-22(26-6-3)27-14-17-18(23)8-7-9-19(17)31-21(24)25/h7-9,15-16,21H,4-6,10-14H2,1-3H3,(H2,26,27,28). The molecule has 1 amide bonds. The van der Waals surface area contributed by atoms with Crippen LogP contribution in [0.15, 0.2) is 23.2 Å². The average molecular weight is 443 g/mol. The van der Waals surface area contributed by atoms with E-state index < -0.39 is 12.4 Å². The Hall–Kier alpha value is -2.45. The summed E-state index contributed by atoms with van der Waals surface area (Å²) in [6.45, 7) is 4.73. The minimum absolute atomic E-state index is 0.0226. The second kappa shape index (κ2) is 12.4. The Bertz CT molecular complexity index is 733. The number of hydrogen-bond donors (Lipinski definition) is 2. The number of benzene rings is 1. The summed E-state index contributed by atoms with van der Waals surface area (Å²) in [6, 6.07) is 3.92. The first-order valence-electron chi connectivity index (χ1n) is 10.9. The van der Waals surface area contributed by atoms with Crippen molar-refractivity contribution in [1.82, 2.24) is 15.5 Å². The Labute approximate surface area is 182 Å². The molecule has 0 radical (unpaired) electrons. The van der Waals surface area contributed by atoms with Crippen LogP contribution in [0, 0.1) is 11.7 Å². The maximum absolute atomic E-state index is 14.2. The van der Waals surface area contributed by atoms with E-state index in [0.717, 1.165) is 25.7 Å². The normalized spacial score (nSPS) is 15.5. The van der Waals surface area contributed by atoms with Gasteiger partial charge in [0.1, 0.15) is 11.6 Å². The van der Waals surface area contributed by atoms with Crippen molar-refractivity contribution >= 4 is 11.9 Å². The molecule has 1 aliphatic rings. The summed E-state index contributed by atoms with van der Waals surface area (Å²) in [5, 5.41) is 6.41. The third-order valence-corrected chi connectivity index (χ3v) is 5.51. The van der Waals surface area contributed by atoms with E-state index in [2.05, 4.69) is 20.4 Å². The van der Waals surface area contributed by atoms with E-state index in [-0.39, 0.29) is 35.7 Å². The Kier molecular flexibility index (Phi) is 9.94. The maximum Gasteiger partial charge on any atom is 0.387 e. The number of carbonyl (C=O) groups excluding carboxylic acids is 1. The molecule has 2 N–H and O–H groups in total. The molecule has 174 valence electrons. The van der Waals surface area contributed by atoms with Crippen molar-refractivity contribution in [2.45, 2.75) is 65.7 Å². The summed E-state index contributed by atoms with van der Waals surface area (Å²) in [6.07, 6.45) is 3.24. The fourth-order valence-corrected chi connectivity index (χ4v) is 3.71. The molecule has 31 heavy (non-hydrogen) atoms. The van der Waals surface area contributed by atoms with Crippen LogP contribution < -0.4 is 15.4 Å². The summed E-state index contributed by atoms with van der Waals surface area (Å²) >= 11 is 0. The van der Waals surface area contributed by atoms with Gasteiger partial charge in [-0.3, -0.25) is 4.79 Å². The van der Waals surface area contributed by atoms with Gasteiger partial charge >= 0.3 is 6.61 Å². The Morgan fingerprint density at radius 3 is 2.48 bits per heavy atom. The highest BCUT2D eigenvalue weighted by atomic mass is 19.3. The van der Waals surface area contributed by atoms with Crippen LogP contribution in [-0.2, 0) is 11.3 Å². The van der Waals surface area contributed by atoms with Crippen LogP contribution in [0.5, 0.6) is 5.75 Å². The maximum atomic E-state index is 14.2. The number of rotatable bonds is 9. The highest BCUT2D eigenvalue weighted by Gasteiger charge is 2.27. The molecule has 0 aromatic heterocycles. The Balaban J connectivity index is 2.00. The smallest absolute Gasteiger partial charge is 0.387 e. The third-order valence-electron chi connectivity index (χ3n) is 5.51. The van der Waals surface area contributed by atoms with E-state index in [0.29, 0.717) is 25.6 Å². The van der Waals surface area contributed by atoms with Gasteiger partial charge in [0.05, 0.1) is 12.1 Å². The van der Waals surface area contributed by atoms with Gasteiger partial charge < -0.3 is 20.3 Å². The van der Waals surface area contributed by atoms with Crippen LogP contribution in [0.4, 0.5) is 13.2 Å². The lowest BCUT2D eigenvalue weighted by molar-refractivity contribution is -0.136. The predicted molar refractivity (Wildman–Crippen MR) is 115 cm³/mol. The summed E-state index contributed by atoms with van der Waals surface area (Å²) in [7, 11) is 0. The predicted octanol–water partition coefficient (Wildman–Crippen LogP) is 3.91. The second-order valence-corrected chi connectivity index (χ2v) is 7.55. The topological polar surface area (TPSA) is 66.0 Å². The first-order chi connectivity index (χ1) is 14.9. The molecule has 2 rings (SSSR count). The van der Waals surface area contributed by atoms with Crippen molar-refractivity contribution in [2.75, 3.05) is 19.6 Å². The van der Waals surface area contributed by atoms with Gasteiger partial charge in [0.2, 0.25) is 5.91 Å². The average Bonchev–Trinajstić information content (AvgIpc) is 2.74. The van der Waals surface area contributed by atoms with Gasteiger partial charge in [-0.25, -0.2) is 9.38 Å². The van der Waals surface area contributed by atoms with Gasteiger partial charge in [-0.2, -0.15) is 8.78 Å². The van der Waals surface area contributed by atoms with Gasteiger partial charge in [0.15, 0.2) is 5.96 Å². The molecule has 0 bridgehead atoms. The molecule has 0 unspecified atom stereocenters. The van der Waals surface area contributed by atoms with Gasteiger partial charge in [0.25, 0.3) is 0 Å². The SMILES string of the molecule is CCNC(=NCc1c(F)cccc1OC(F)F)NC1CCN(C(=O)C(CC)CC)CC1. The number of piperidine rings is 1. The fraction of sp³-hybridized carbons (Fsp3) is 0.636. The molecule has 1 fully saturated rings. The van der Waals surface area contributed by atoms with Crippen LogP contribution in [0.25, 0.3) is 0 Å². The summed E-state index contributed by atoms with van der Waals surface area (Å²) < 4.78 is 43.8. The van der Waals surface area contributed by atoms with E-state index in [1.807, 2.05) is 25.7 Å². The summed E-state index contributed by atoms with van der Waals surface area (Å²) in [5.41, 5.74) is -0.0226. The zero-order valence-corrected chi connectivity index (χ0v) is 18.5. The number of guanidine groups is 1. The molecule has 0 saturated carbocycles. The summed E-state index contributed by atoms with van der Waals surface area (Å²) in [4.78, 5) is 18.8. The third kappa shape index (κ3) is 7.33. The Morgan fingerprint density at radius 2 is 1.90 bits per heavy atom. The number of alkyl halides is 2. The van der Waals surface area contributed by atoms with Gasteiger partial charge in [-0.15, -0.1) is 0 Å². The van der Waals surface area contributed by atoms with Crippen LogP contribution >= 0.6 is 0 Å².